The van der Waals surface area contributed by atoms with E-state index in [1.165, 1.54) is 18.2 Å². The van der Waals surface area contributed by atoms with Gasteiger partial charge in [-0.2, -0.15) is 8.42 Å². The molecule has 0 amide bonds. The largest absolute Gasteiger partial charge is 0.379 e. The third kappa shape index (κ3) is 3.49. The van der Waals surface area contributed by atoms with Crippen molar-refractivity contribution in [1.82, 2.24) is 0 Å². The van der Waals surface area contributed by atoms with Crippen LogP contribution >= 0.6 is 27.5 Å². The topological polar surface area (TPSA) is 43.4 Å². The molecule has 0 N–H and O–H groups in total. The molecule has 0 fully saturated rings. The van der Waals surface area contributed by atoms with Crippen molar-refractivity contribution in [3.8, 4) is 5.75 Å². The van der Waals surface area contributed by atoms with Crippen molar-refractivity contribution in [2.45, 2.75) is 11.8 Å². The number of halogens is 2. The number of aryl methyl sites for hydroxylation is 1. The first kappa shape index (κ1) is 14.4. The van der Waals surface area contributed by atoms with Crippen LogP contribution < -0.4 is 4.18 Å². The summed E-state index contributed by atoms with van der Waals surface area (Å²) >= 11 is 9.12. The van der Waals surface area contributed by atoms with Crippen LogP contribution in [0.3, 0.4) is 0 Å². The maximum absolute atomic E-state index is 12.0. The van der Waals surface area contributed by atoms with Crippen molar-refractivity contribution in [1.29, 1.82) is 0 Å². The molecule has 0 aliphatic rings. The smallest absolute Gasteiger partial charge is 0.339 e. The molecule has 2 aromatic carbocycles. The van der Waals surface area contributed by atoms with Crippen molar-refractivity contribution in [2.24, 2.45) is 0 Å². The summed E-state index contributed by atoms with van der Waals surface area (Å²) in [4.78, 5) is 0.100. The Morgan fingerprint density at radius 3 is 2.32 bits per heavy atom. The second-order valence-corrected chi connectivity index (χ2v) is 6.77. The second-order valence-electron chi connectivity index (χ2n) is 3.90. The highest BCUT2D eigenvalue weighted by atomic mass is 79.9. The molecule has 6 heteroatoms. The molecule has 0 radical (unpaired) electrons. The molecule has 0 bridgehead atoms. The van der Waals surface area contributed by atoms with E-state index in [-0.39, 0.29) is 10.6 Å². The maximum atomic E-state index is 12.0. The number of benzene rings is 2. The van der Waals surface area contributed by atoms with Crippen molar-refractivity contribution in [2.75, 3.05) is 0 Å². The second kappa shape index (κ2) is 5.53. The molecule has 100 valence electrons. The summed E-state index contributed by atoms with van der Waals surface area (Å²) in [6, 6.07) is 10.9. The molecule has 0 atom stereocenters. The minimum atomic E-state index is -3.82. The summed E-state index contributed by atoms with van der Waals surface area (Å²) in [6.45, 7) is 1.78. The summed E-state index contributed by atoms with van der Waals surface area (Å²) in [5.41, 5.74) is 0.755. The van der Waals surface area contributed by atoms with Gasteiger partial charge in [0.1, 0.15) is 10.6 Å². The molecular weight excluding hydrogens is 352 g/mol. The third-order valence-corrected chi connectivity index (χ3v) is 4.65. The molecule has 0 unspecified atom stereocenters. The van der Waals surface area contributed by atoms with E-state index in [1.807, 2.05) is 0 Å². The minimum absolute atomic E-state index is 0.100. The Bertz CT molecular complexity index is 696. The fraction of sp³-hybridized carbons (Fsp3) is 0.0769. The molecule has 0 spiro atoms. The van der Waals surface area contributed by atoms with Gasteiger partial charge in [-0.25, -0.2) is 0 Å². The van der Waals surface area contributed by atoms with Crippen molar-refractivity contribution in [3.63, 3.8) is 0 Å². The lowest BCUT2D eigenvalue weighted by Gasteiger charge is -2.08. The van der Waals surface area contributed by atoms with Gasteiger partial charge in [-0.15, -0.1) is 0 Å². The lowest BCUT2D eigenvalue weighted by atomic mass is 10.2. The molecule has 0 aliphatic heterocycles. The maximum Gasteiger partial charge on any atom is 0.339 e. The van der Waals surface area contributed by atoms with Crippen LogP contribution in [0.5, 0.6) is 5.75 Å². The first-order valence-corrected chi connectivity index (χ1v) is 7.92. The van der Waals surface area contributed by atoms with Gasteiger partial charge in [0.15, 0.2) is 0 Å². The Hall–Kier alpha value is -1.04. The van der Waals surface area contributed by atoms with Crippen molar-refractivity contribution >= 4 is 37.6 Å². The van der Waals surface area contributed by atoms with Gasteiger partial charge in [0.05, 0.1) is 0 Å². The van der Waals surface area contributed by atoms with Gasteiger partial charge in [-0.05, 0) is 55.0 Å². The molecule has 3 nitrogen and oxygen atoms in total. The summed E-state index contributed by atoms with van der Waals surface area (Å²) in [7, 11) is -3.82. The Balaban J connectivity index is 2.30. The van der Waals surface area contributed by atoms with E-state index < -0.39 is 10.1 Å². The normalized spacial score (nSPS) is 11.3. The zero-order chi connectivity index (χ0) is 14.0. The Labute approximate surface area is 125 Å². The first-order chi connectivity index (χ1) is 8.88. The molecule has 0 saturated carbocycles. The highest BCUT2D eigenvalue weighted by Crippen LogP contribution is 2.24. The lowest BCUT2D eigenvalue weighted by Crippen LogP contribution is -2.09. The van der Waals surface area contributed by atoms with E-state index in [1.54, 1.807) is 31.2 Å². The third-order valence-electron chi connectivity index (χ3n) is 2.44. The Morgan fingerprint density at radius 1 is 1.11 bits per heavy atom. The molecule has 0 heterocycles. The summed E-state index contributed by atoms with van der Waals surface area (Å²) < 4.78 is 29.9. The molecule has 2 aromatic rings. The van der Waals surface area contributed by atoms with E-state index in [0.29, 0.717) is 5.02 Å². The zero-order valence-corrected chi connectivity index (χ0v) is 13.1. The predicted octanol–water partition coefficient (Wildman–Crippen LogP) is 4.18. The highest BCUT2D eigenvalue weighted by molar-refractivity contribution is 9.10. The van der Waals surface area contributed by atoms with Gasteiger partial charge in [0.25, 0.3) is 0 Å². The van der Waals surface area contributed by atoms with E-state index >= 15 is 0 Å². The van der Waals surface area contributed by atoms with Crippen LogP contribution in [0.15, 0.2) is 51.8 Å². The van der Waals surface area contributed by atoms with Gasteiger partial charge in [0, 0.05) is 9.50 Å². The number of hydrogen-bond donors (Lipinski definition) is 0. The SMILES string of the molecule is Cc1cc(OS(=O)(=O)c2ccc(Br)cc2)ccc1Cl. The van der Waals surface area contributed by atoms with Crippen LogP contribution in [0, 0.1) is 6.92 Å². The quantitative estimate of drug-likeness (QED) is 0.770. The molecule has 0 aromatic heterocycles. The predicted molar refractivity (Wildman–Crippen MR) is 78.1 cm³/mol. The van der Waals surface area contributed by atoms with Gasteiger partial charge in [0.2, 0.25) is 0 Å². The van der Waals surface area contributed by atoms with Crippen LogP contribution in [0.25, 0.3) is 0 Å². The molecule has 0 aliphatic carbocycles. The molecule has 19 heavy (non-hydrogen) atoms. The van der Waals surface area contributed by atoms with E-state index in [4.69, 9.17) is 15.8 Å². The molecule has 2 rings (SSSR count). The Kier molecular flexibility index (Phi) is 4.18. The van der Waals surface area contributed by atoms with Gasteiger partial charge in [-0.1, -0.05) is 27.5 Å². The van der Waals surface area contributed by atoms with E-state index in [0.717, 1.165) is 10.0 Å². The standard InChI is InChI=1S/C13H10BrClO3S/c1-9-8-11(4-7-13(9)15)18-19(16,17)12-5-2-10(14)3-6-12/h2-8H,1H3. The fourth-order valence-corrected chi connectivity index (χ4v) is 2.75. The van der Waals surface area contributed by atoms with Crippen LogP contribution in [-0.4, -0.2) is 8.42 Å². The summed E-state index contributed by atoms with van der Waals surface area (Å²) in [5, 5.41) is 0.563. The van der Waals surface area contributed by atoms with Gasteiger partial charge >= 0.3 is 10.1 Å². The minimum Gasteiger partial charge on any atom is -0.379 e. The number of hydrogen-bond acceptors (Lipinski definition) is 3. The van der Waals surface area contributed by atoms with Crippen LogP contribution in [0.1, 0.15) is 5.56 Å². The van der Waals surface area contributed by atoms with Gasteiger partial charge < -0.3 is 4.18 Å². The van der Waals surface area contributed by atoms with Crippen LogP contribution in [-0.2, 0) is 10.1 Å². The average molecular weight is 362 g/mol. The van der Waals surface area contributed by atoms with E-state index in [2.05, 4.69) is 15.9 Å². The molecular formula is C13H10BrClO3S. The lowest BCUT2D eigenvalue weighted by molar-refractivity contribution is 0.486. The summed E-state index contributed by atoms with van der Waals surface area (Å²) in [5.74, 6) is 0.241. The Morgan fingerprint density at radius 2 is 1.74 bits per heavy atom. The average Bonchev–Trinajstić information content (AvgIpc) is 2.34. The first-order valence-electron chi connectivity index (χ1n) is 5.35. The van der Waals surface area contributed by atoms with Crippen molar-refractivity contribution < 1.29 is 12.6 Å². The van der Waals surface area contributed by atoms with Crippen LogP contribution in [0.4, 0.5) is 0 Å². The monoisotopic (exact) mass is 360 g/mol. The summed E-state index contributed by atoms with van der Waals surface area (Å²) in [6.07, 6.45) is 0. The highest BCUT2D eigenvalue weighted by Gasteiger charge is 2.16. The fourth-order valence-electron chi connectivity index (χ4n) is 1.45. The van der Waals surface area contributed by atoms with Crippen molar-refractivity contribution in [3.05, 3.63) is 57.5 Å². The number of rotatable bonds is 3. The zero-order valence-electron chi connectivity index (χ0n) is 9.93. The van der Waals surface area contributed by atoms with Gasteiger partial charge in [-0.3, -0.25) is 0 Å². The molecule has 0 saturated heterocycles. The van der Waals surface area contributed by atoms with Crippen LogP contribution in [0.2, 0.25) is 5.02 Å². The van der Waals surface area contributed by atoms with E-state index in [9.17, 15) is 8.42 Å².